The number of aromatic nitrogens is 2. The van der Waals surface area contributed by atoms with Gasteiger partial charge in [0.25, 0.3) is 0 Å². The second-order valence-corrected chi connectivity index (χ2v) is 5.66. The van der Waals surface area contributed by atoms with Crippen LogP contribution in [0.1, 0.15) is 17.0 Å². The Labute approximate surface area is 145 Å². The molecule has 2 aromatic carbocycles. The van der Waals surface area contributed by atoms with Crippen molar-refractivity contribution in [2.75, 3.05) is 11.9 Å². The minimum absolute atomic E-state index is 0.0267. The number of fused-ring (bicyclic) bond motifs is 1. The van der Waals surface area contributed by atoms with Crippen LogP contribution in [0.15, 0.2) is 42.5 Å². The van der Waals surface area contributed by atoms with Crippen LogP contribution in [0.3, 0.4) is 0 Å². The van der Waals surface area contributed by atoms with E-state index in [1.807, 2.05) is 0 Å². The molecule has 0 amide bonds. The van der Waals surface area contributed by atoms with Gasteiger partial charge in [-0.2, -0.15) is 13.2 Å². The summed E-state index contributed by atoms with van der Waals surface area (Å²) in [6, 6.07) is 8.75. The average Bonchev–Trinajstić information content (AvgIpc) is 2.61. The fourth-order valence-corrected chi connectivity index (χ4v) is 2.53. The second kappa shape index (κ2) is 7.23. The molecule has 0 aliphatic heterocycles. The van der Waals surface area contributed by atoms with Crippen molar-refractivity contribution >= 4 is 16.7 Å². The normalized spacial score (nSPS) is 11.7. The van der Waals surface area contributed by atoms with Gasteiger partial charge >= 0.3 is 6.18 Å². The lowest BCUT2D eigenvalue weighted by atomic mass is 10.1. The van der Waals surface area contributed by atoms with E-state index >= 15 is 0 Å². The number of nitrogens with one attached hydrogen (secondary N) is 1. The summed E-state index contributed by atoms with van der Waals surface area (Å²) in [6.45, 7) is -0.527. The Bertz CT molecular complexity index is 907. The lowest BCUT2D eigenvalue weighted by molar-refractivity contribution is -0.137. The smallest absolute Gasteiger partial charge is 0.369 e. The third-order valence-corrected chi connectivity index (χ3v) is 3.81. The summed E-state index contributed by atoms with van der Waals surface area (Å²) in [6.07, 6.45) is -3.95. The van der Waals surface area contributed by atoms with Crippen LogP contribution in [-0.4, -0.2) is 16.5 Å². The predicted octanol–water partition coefficient (Wildman–Crippen LogP) is 4.91. The molecular weight excluding hydrogens is 353 g/mol. The first-order chi connectivity index (χ1) is 12.4. The molecule has 0 aliphatic carbocycles. The molecule has 1 N–H and O–H groups in total. The summed E-state index contributed by atoms with van der Waals surface area (Å²) in [5, 5.41) is 3.39. The van der Waals surface area contributed by atoms with Gasteiger partial charge in [-0.25, -0.2) is 18.7 Å². The molecule has 0 bridgehead atoms. The van der Waals surface area contributed by atoms with E-state index in [9.17, 15) is 22.0 Å². The maximum absolute atomic E-state index is 13.5. The number of hydrogen-bond donors (Lipinski definition) is 1. The highest BCUT2D eigenvalue weighted by Gasteiger charge is 2.29. The van der Waals surface area contributed by atoms with E-state index in [0.29, 0.717) is 29.4 Å². The molecule has 8 heteroatoms. The van der Waals surface area contributed by atoms with Crippen molar-refractivity contribution in [3.05, 3.63) is 65.2 Å². The number of hydrogen-bond acceptors (Lipinski definition) is 3. The van der Waals surface area contributed by atoms with Gasteiger partial charge in [0.1, 0.15) is 18.3 Å². The number of nitrogens with zero attached hydrogens (tertiary/aromatic N) is 2. The van der Waals surface area contributed by atoms with E-state index in [-0.39, 0.29) is 11.6 Å². The zero-order valence-electron chi connectivity index (χ0n) is 13.4. The molecule has 3 nitrogen and oxygen atoms in total. The van der Waals surface area contributed by atoms with Crippen LogP contribution < -0.4 is 5.32 Å². The van der Waals surface area contributed by atoms with E-state index < -0.39 is 24.2 Å². The highest BCUT2D eigenvalue weighted by Crippen LogP contribution is 2.29. The fourth-order valence-electron chi connectivity index (χ4n) is 2.53. The summed E-state index contributed by atoms with van der Waals surface area (Å²) in [4.78, 5) is 8.02. The lowest BCUT2D eigenvalue weighted by Gasteiger charge is -2.11. The molecule has 1 heterocycles. The molecule has 26 heavy (non-hydrogen) atoms. The standard InChI is InChI=1S/C18H14F5N3/c19-10-16-25-15-6-5-13(20)9-14(15)17(26-16)24-8-7-11-1-3-12(4-2-11)18(21,22)23/h1-6,9H,7-8,10H2,(H,24,25,26). The van der Waals surface area contributed by atoms with E-state index in [2.05, 4.69) is 15.3 Å². The third-order valence-electron chi connectivity index (χ3n) is 3.81. The Balaban J connectivity index is 1.74. The molecule has 0 spiro atoms. The molecule has 0 saturated carbocycles. The zero-order chi connectivity index (χ0) is 18.7. The maximum atomic E-state index is 13.5. The minimum Gasteiger partial charge on any atom is -0.369 e. The van der Waals surface area contributed by atoms with Crippen LogP contribution >= 0.6 is 0 Å². The van der Waals surface area contributed by atoms with Gasteiger partial charge < -0.3 is 5.32 Å². The van der Waals surface area contributed by atoms with Crippen molar-refractivity contribution in [1.82, 2.24) is 9.97 Å². The maximum Gasteiger partial charge on any atom is 0.416 e. The molecular formula is C18H14F5N3. The first-order valence-electron chi connectivity index (χ1n) is 7.79. The quantitative estimate of drug-likeness (QED) is 0.651. The van der Waals surface area contributed by atoms with Crippen LogP contribution in [-0.2, 0) is 19.3 Å². The molecule has 136 valence electrons. The largest absolute Gasteiger partial charge is 0.416 e. The van der Waals surface area contributed by atoms with E-state index in [0.717, 1.165) is 12.1 Å². The number of anilines is 1. The number of benzene rings is 2. The first-order valence-corrected chi connectivity index (χ1v) is 7.79. The van der Waals surface area contributed by atoms with Crippen LogP contribution in [0.4, 0.5) is 27.8 Å². The molecule has 1 aromatic heterocycles. The zero-order valence-corrected chi connectivity index (χ0v) is 13.4. The van der Waals surface area contributed by atoms with Gasteiger partial charge in [-0.05, 0) is 42.3 Å². The highest BCUT2D eigenvalue weighted by atomic mass is 19.4. The predicted molar refractivity (Wildman–Crippen MR) is 87.9 cm³/mol. The van der Waals surface area contributed by atoms with Gasteiger partial charge in [0.05, 0.1) is 11.1 Å². The van der Waals surface area contributed by atoms with E-state index in [1.165, 1.54) is 30.3 Å². The van der Waals surface area contributed by atoms with E-state index in [1.54, 1.807) is 0 Å². The van der Waals surface area contributed by atoms with Crippen LogP contribution in [0.25, 0.3) is 10.9 Å². The van der Waals surface area contributed by atoms with Crippen molar-refractivity contribution in [3.8, 4) is 0 Å². The van der Waals surface area contributed by atoms with Gasteiger partial charge in [-0.15, -0.1) is 0 Å². The molecule has 0 radical (unpaired) electrons. The SMILES string of the molecule is FCc1nc(NCCc2ccc(C(F)(F)F)cc2)c2cc(F)ccc2n1. The van der Waals surface area contributed by atoms with Crippen molar-refractivity contribution < 1.29 is 22.0 Å². The van der Waals surface area contributed by atoms with Gasteiger partial charge in [0.2, 0.25) is 0 Å². The minimum atomic E-state index is -4.37. The molecule has 0 fully saturated rings. The van der Waals surface area contributed by atoms with Crippen LogP contribution in [0, 0.1) is 5.82 Å². The summed E-state index contributed by atoms with van der Waals surface area (Å²) < 4.78 is 64.1. The number of halogens is 5. The molecule has 0 atom stereocenters. The van der Waals surface area contributed by atoms with Crippen molar-refractivity contribution in [1.29, 1.82) is 0 Å². The van der Waals surface area contributed by atoms with Gasteiger partial charge in [-0.3, -0.25) is 0 Å². The molecule has 0 saturated heterocycles. The Morgan fingerprint density at radius 2 is 1.69 bits per heavy atom. The summed E-state index contributed by atoms with van der Waals surface area (Å²) in [7, 11) is 0. The van der Waals surface area contributed by atoms with Gasteiger partial charge in [-0.1, -0.05) is 12.1 Å². The summed E-state index contributed by atoms with van der Waals surface area (Å²) in [5.74, 6) is -0.213. The van der Waals surface area contributed by atoms with E-state index in [4.69, 9.17) is 0 Å². The molecule has 0 unspecified atom stereocenters. The second-order valence-electron chi connectivity index (χ2n) is 5.66. The Kier molecular flexibility index (Phi) is 5.01. The van der Waals surface area contributed by atoms with Crippen molar-refractivity contribution in [3.63, 3.8) is 0 Å². The van der Waals surface area contributed by atoms with Gasteiger partial charge in [0, 0.05) is 11.9 Å². The lowest BCUT2D eigenvalue weighted by Crippen LogP contribution is -2.09. The third kappa shape index (κ3) is 4.07. The average molecular weight is 367 g/mol. The topological polar surface area (TPSA) is 37.8 Å². The fraction of sp³-hybridized carbons (Fsp3) is 0.222. The van der Waals surface area contributed by atoms with Crippen LogP contribution in [0.2, 0.25) is 0 Å². The molecule has 3 aromatic rings. The van der Waals surface area contributed by atoms with Crippen molar-refractivity contribution in [2.45, 2.75) is 19.3 Å². The molecule has 0 aliphatic rings. The van der Waals surface area contributed by atoms with Gasteiger partial charge in [0.15, 0.2) is 5.82 Å². The summed E-state index contributed by atoms with van der Waals surface area (Å²) in [5.41, 5.74) is 0.394. The van der Waals surface area contributed by atoms with Crippen LogP contribution in [0.5, 0.6) is 0 Å². The Hall–Kier alpha value is -2.77. The first kappa shape index (κ1) is 18.0. The monoisotopic (exact) mass is 367 g/mol. The number of alkyl halides is 4. The Morgan fingerprint density at radius 1 is 0.962 bits per heavy atom. The van der Waals surface area contributed by atoms with Crippen molar-refractivity contribution in [2.24, 2.45) is 0 Å². The Morgan fingerprint density at radius 3 is 2.35 bits per heavy atom. The number of rotatable bonds is 5. The molecule has 3 rings (SSSR count). The highest BCUT2D eigenvalue weighted by molar-refractivity contribution is 5.89. The summed E-state index contributed by atoms with van der Waals surface area (Å²) >= 11 is 0.